The molecule has 2 heterocycles. The van der Waals surface area contributed by atoms with Crippen molar-refractivity contribution in [1.82, 2.24) is 10.2 Å². The number of benzene rings is 1. The Morgan fingerprint density at radius 1 is 1.17 bits per heavy atom. The number of para-hydroxylation sites is 1. The number of piperidine rings is 1. The van der Waals surface area contributed by atoms with Gasteiger partial charge in [0.25, 0.3) is 0 Å². The third-order valence-electron chi connectivity index (χ3n) is 5.52. The highest BCUT2D eigenvalue weighted by atomic mass is 127. The minimum atomic E-state index is -0.104. The molecule has 0 unspecified atom stereocenters. The number of nitrogens with zero attached hydrogens (tertiary/aromatic N) is 3. The number of guanidine groups is 1. The van der Waals surface area contributed by atoms with Crippen LogP contribution in [0.1, 0.15) is 38.7 Å². The number of rotatable bonds is 5. The normalized spacial score (nSPS) is 17.1. The van der Waals surface area contributed by atoms with Gasteiger partial charge in [0.05, 0.1) is 12.5 Å². The van der Waals surface area contributed by atoms with E-state index in [1.807, 2.05) is 36.9 Å². The molecule has 0 spiro atoms. The molecule has 1 amide bonds. The fourth-order valence-corrected chi connectivity index (χ4v) is 4.03. The molecular formula is C22H33IN4O3. The second-order valence-electron chi connectivity index (χ2n) is 7.46. The summed E-state index contributed by atoms with van der Waals surface area (Å²) in [5.74, 6) is 0.621. The first-order valence-corrected chi connectivity index (χ1v) is 10.7. The van der Waals surface area contributed by atoms with Crippen molar-refractivity contribution in [2.45, 2.75) is 39.5 Å². The molecule has 1 saturated heterocycles. The Labute approximate surface area is 196 Å². The van der Waals surface area contributed by atoms with Gasteiger partial charge in [0, 0.05) is 31.9 Å². The van der Waals surface area contributed by atoms with Crippen molar-refractivity contribution in [2.75, 3.05) is 44.2 Å². The lowest BCUT2D eigenvalue weighted by atomic mass is 9.97. The largest absolute Gasteiger partial charge is 0.466 e. The zero-order valence-corrected chi connectivity index (χ0v) is 20.3. The van der Waals surface area contributed by atoms with Crippen molar-refractivity contribution in [3.05, 3.63) is 29.8 Å². The number of ether oxygens (including phenoxy) is 1. The standard InChI is InChI=1S/C22H32N4O3.HI/c1-3-23-22(25-14-11-18(12-15-25)21(28)29-4-2)24-16-20(27)26-13-7-9-17-8-5-6-10-19(17)26;/h5-6,8,10,18H,3-4,7,9,11-16H2,1-2H3,(H,23,24);1H. The molecule has 2 aliphatic rings. The van der Waals surface area contributed by atoms with E-state index in [-0.39, 0.29) is 48.3 Å². The number of fused-ring (bicyclic) bond motifs is 1. The summed E-state index contributed by atoms with van der Waals surface area (Å²) >= 11 is 0. The molecule has 0 bridgehead atoms. The van der Waals surface area contributed by atoms with E-state index in [0.29, 0.717) is 6.61 Å². The van der Waals surface area contributed by atoms with Crippen LogP contribution in [-0.4, -0.2) is 62.1 Å². The highest BCUT2D eigenvalue weighted by Crippen LogP contribution is 2.26. The summed E-state index contributed by atoms with van der Waals surface area (Å²) in [6, 6.07) is 8.11. The summed E-state index contributed by atoms with van der Waals surface area (Å²) in [4.78, 5) is 33.4. The number of halogens is 1. The van der Waals surface area contributed by atoms with Crippen LogP contribution in [0.5, 0.6) is 0 Å². The summed E-state index contributed by atoms with van der Waals surface area (Å²) in [7, 11) is 0. The molecule has 1 aromatic rings. The average molecular weight is 528 g/mol. The maximum absolute atomic E-state index is 12.9. The molecule has 1 aromatic carbocycles. The van der Waals surface area contributed by atoms with Gasteiger partial charge in [-0.1, -0.05) is 18.2 Å². The molecular weight excluding hydrogens is 495 g/mol. The predicted molar refractivity (Wildman–Crippen MR) is 129 cm³/mol. The van der Waals surface area contributed by atoms with Crippen molar-refractivity contribution < 1.29 is 14.3 Å². The Bertz CT molecular complexity index is 748. The smallest absolute Gasteiger partial charge is 0.309 e. The molecule has 0 atom stereocenters. The molecule has 1 fully saturated rings. The number of hydrogen-bond acceptors (Lipinski definition) is 4. The van der Waals surface area contributed by atoms with Crippen LogP contribution in [-0.2, 0) is 20.7 Å². The molecule has 166 valence electrons. The van der Waals surface area contributed by atoms with Crippen molar-refractivity contribution in [2.24, 2.45) is 10.9 Å². The van der Waals surface area contributed by atoms with Crippen LogP contribution >= 0.6 is 24.0 Å². The molecule has 2 aliphatic heterocycles. The van der Waals surface area contributed by atoms with Gasteiger partial charge in [0.1, 0.15) is 6.54 Å². The molecule has 0 aliphatic carbocycles. The number of likely N-dealkylation sites (tertiary alicyclic amines) is 1. The van der Waals surface area contributed by atoms with E-state index >= 15 is 0 Å². The van der Waals surface area contributed by atoms with E-state index in [1.165, 1.54) is 5.56 Å². The fourth-order valence-electron chi connectivity index (χ4n) is 4.03. The third-order valence-corrected chi connectivity index (χ3v) is 5.52. The first kappa shape index (κ1) is 24.4. The van der Waals surface area contributed by atoms with Crippen LogP contribution in [0.2, 0.25) is 0 Å². The number of amides is 1. The van der Waals surface area contributed by atoms with Crippen LogP contribution in [0.15, 0.2) is 29.3 Å². The van der Waals surface area contributed by atoms with E-state index in [1.54, 1.807) is 0 Å². The maximum Gasteiger partial charge on any atom is 0.309 e. The van der Waals surface area contributed by atoms with E-state index in [0.717, 1.165) is 63.5 Å². The molecule has 8 heteroatoms. The van der Waals surface area contributed by atoms with Gasteiger partial charge in [-0.15, -0.1) is 24.0 Å². The van der Waals surface area contributed by atoms with Gasteiger partial charge in [0.2, 0.25) is 5.91 Å². The number of esters is 1. The lowest BCUT2D eigenvalue weighted by molar-refractivity contribution is -0.149. The molecule has 1 N–H and O–H groups in total. The van der Waals surface area contributed by atoms with Crippen molar-refractivity contribution in [3.63, 3.8) is 0 Å². The van der Waals surface area contributed by atoms with E-state index in [9.17, 15) is 9.59 Å². The van der Waals surface area contributed by atoms with Crippen LogP contribution in [0, 0.1) is 5.92 Å². The summed E-state index contributed by atoms with van der Waals surface area (Å²) < 4.78 is 5.15. The van der Waals surface area contributed by atoms with Gasteiger partial charge >= 0.3 is 5.97 Å². The Morgan fingerprint density at radius 3 is 2.60 bits per heavy atom. The quantitative estimate of drug-likeness (QED) is 0.276. The highest BCUT2D eigenvalue weighted by Gasteiger charge is 2.28. The minimum Gasteiger partial charge on any atom is -0.466 e. The molecule has 30 heavy (non-hydrogen) atoms. The minimum absolute atomic E-state index is 0. The zero-order valence-electron chi connectivity index (χ0n) is 17.9. The lowest BCUT2D eigenvalue weighted by Gasteiger charge is -2.33. The third kappa shape index (κ3) is 6.09. The van der Waals surface area contributed by atoms with Crippen molar-refractivity contribution in [1.29, 1.82) is 0 Å². The highest BCUT2D eigenvalue weighted by molar-refractivity contribution is 14.0. The monoisotopic (exact) mass is 528 g/mol. The summed E-state index contributed by atoms with van der Waals surface area (Å²) in [5, 5.41) is 3.29. The summed E-state index contributed by atoms with van der Waals surface area (Å²) in [6.07, 6.45) is 3.49. The van der Waals surface area contributed by atoms with Gasteiger partial charge in [-0.05, 0) is 51.2 Å². The second-order valence-corrected chi connectivity index (χ2v) is 7.46. The van der Waals surface area contributed by atoms with Crippen LogP contribution < -0.4 is 10.2 Å². The van der Waals surface area contributed by atoms with Crippen LogP contribution in [0.3, 0.4) is 0 Å². The number of carbonyl (C=O) groups excluding carboxylic acids is 2. The Balaban J connectivity index is 0.00000320. The Morgan fingerprint density at radius 2 is 1.90 bits per heavy atom. The van der Waals surface area contributed by atoms with Gasteiger partial charge in [-0.25, -0.2) is 4.99 Å². The first-order chi connectivity index (χ1) is 14.1. The SMILES string of the molecule is CCNC(=NCC(=O)N1CCCc2ccccc21)N1CCC(C(=O)OCC)CC1.I. The van der Waals surface area contributed by atoms with Gasteiger partial charge in [-0.2, -0.15) is 0 Å². The van der Waals surface area contributed by atoms with Crippen molar-refractivity contribution in [3.8, 4) is 0 Å². The number of anilines is 1. The van der Waals surface area contributed by atoms with E-state index in [2.05, 4.69) is 21.3 Å². The van der Waals surface area contributed by atoms with E-state index < -0.39 is 0 Å². The van der Waals surface area contributed by atoms with Gasteiger partial charge < -0.3 is 19.9 Å². The number of carbonyl (C=O) groups is 2. The molecule has 0 aromatic heterocycles. The Hall–Kier alpha value is -1.84. The van der Waals surface area contributed by atoms with Crippen LogP contribution in [0.4, 0.5) is 5.69 Å². The summed E-state index contributed by atoms with van der Waals surface area (Å²) in [6.45, 7) is 7.33. The van der Waals surface area contributed by atoms with Gasteiger partial charge in [0.15, 0.2) is 5.96 Å². The number of aliphatic imine (C=N–C) groups is 1. The van der Waals surface area contributed by atoms with E-state index in [4.69, 9.17) is 4.74 Å². The fraction of sp³-hybridized carbons (Fsp3) is 0.591. The number of nitrogens with one attached hydrogen (secondary N) is 1. The molecule has 3 rings (SSSR count). The number of aryl methyl sites for hydroxylation is 1. The molecule has 0 saturated carbocycles. The van der Waals surface area contributed by atoms with Crippen molar-refractivity contribution >= 4 is 47.5 Å². The predicted octanol–water partition coefficient (Wildman–Crippen LogP) is 2.82. The summed E-state index contributed by atoms with van der Waals surface area (Å²) in [5.41, 5.74) is 2.24. The molecule has 0 radical (unpaired) electrons. The lowest BCUT2D eigenvalue weighted by Crippen LogP contribution is -2.47. The second kappa shape index (κ2) is 12.1. The average Bonchev–Trinajstić information content (AvgIpc) is 2.76. The van der Waals surface area contributed by atoms with Gasteiger partial charge in [-0.3, -0.25) is 9.59 Å². The number of hydrogen-bond donors (Lipinski definition) is 1. The Kier molecular flexibility index (Phi) is 9.87. The topological polar surface area (TPSA) is 74.2 Å². The van der Waals surface area contributed by atoms with Crippen LogP contribution in [0.25, 0.3) is 0 Å². The molecule has 7 nitrogen and oxygen atoms in total. The first-order valence-electron chi connectivity index (χ1n) is 10.7. The maximum atomic E-state index is 12.9. The zero-order chi connectivity index (χ0) is 20.6.